The molecule has 0 saturated carbocycles. The monoisotopic (exact) mass is 354 g/mol. The molecule has 0 amide bonds. The SMILES string of the molecule is CCCCOCCOC(=O)c1cc(Cl)cc(S(=O)(=O)Cl)c1. The second kappa shape index (κ2) is 8.58. The van der Waals surface area contributed by atoms with E-state index in [2.05, 4.69) is 0 Å². The van der Waals surface area contributed by atoms with E-state index in [4.69, 9.17) is 31.8 Å². The lowest BCUT2D eigenvalue weighted by Gasteiger charge is -2.07. The summed E-state index contributed by atoms with van der Waals surface area (Å²) in [7, 11) is 1.26. The fourth-order valence-electron chi connectivity index (χ4n) is 1.45. The van der Waals surface area contributed by atoms with Crippen molar-refractivity contribution in [3.8, 4) is 0 Å². The minimum absolute atomic E-state index is 0.0234. The van der Waals surface area contributed by atoms with Crippen molar-refractivity contribution < 1.29 is 22.7 Å². The predicted molar refractivity (Wildman–Crippen MR) is 80.5 cm³/mol. The van der Waals surface area contributed by atoms with Crippen molar-refractivity contribution in [1.29, 1.82) is 0 Å². The van der Waals surface area contributed by atoms with Gasteiger partial charge in [-0.15, -0.1) is 0 Å². The molecule has 0 aromatic heterocycles. The number of benzene rings is 1. The summed E-state index contributed by atoms with van der Waals surface area (Å²) in [4.78, 5) is 11.5. The zero-order valence-electron chi connectivity index (χ0n) is 11.5. The Balaban J connectivity index is 2.60. The van der Waals surface area contributed by atoms with Gasteiger partial charge in [0.25, 0.3) is 9.05 Å². The first kappa shape index (κ1) is 18.2. The van der Waals surface area contributed by atoms with Gasteiger partial charge in [0.15, 0.2) is 0 Å². The van der Waals surface area contributed by atoms with E-state index in [1.807, 2.05) is 6.92 Å². The van der Waals surface area contributed by atoms with E-state index in [9.17, 15) is 13.2 Å². The molecule has 1 rings (SSSR count). The van der Waals surface area contributed by atoms with Crippen molar-refractivity contribution in [2.45, 2.75) is 24.7 Å². The van der Waals surface area contributed by atoms with Gasteiger partial charge in [-0.05, 0) is 24.6 Å². The van der Waals surface area contributed by atoms with Crippen LogP contribution in [0.25, 0.3) is 0 Å². The molecule has 0 spiro atoms. The molecule has 0 bridgehead atoms. The Kier molecular flexibility index (Phi) is 7.45. The third-order valence-corrected chi connectivity index (χ3v) is 4.04. The van der Waals surface area contributed by atoms with Crippen LogP contribution < -0.4 is 0 Å². The second-order valence-electron chi connectivity index (χ2n) is 4.22. The topological polar surface area (TPSA) is 69.7 Å². The molecule has 0 fully saturated rings. The highest BCUT2D eigenvalue weighted by atomic mass is 35.7. The van der Waals surface area contributed by atoms with E-state index in [0.29, 0.717) is 6.61 Å². The normalized spacial score (nSPS) is 11.4. The molecule has 0 unspecified atom stereocenters. The second-order valence-corrected chi connectivity index (χ2v) is 7.22. The summed E-state index contributed by atoms with van der Waals surface area (Å²) in [5.41, 5.74) is 0.0234. The summed E-state index contributed by atoms with van der Waals surface area (Å²) < 4.78 is 32.7. The number of esters is 1. The van der Waals surface area contributed by atoms with Gasteiger partial charge in [0.2, 0.25) is 0 Å². The quantitative estimate of drug-likeness (QED) is 0.407. The molecule has 0 aliphatic heterocycles. The molecule has 5 nitrogen and oxygen atoms in total. The van der Waals surface area contributed by atoms with Gasteiger partial charge in [-0.2, -0.15) is 0 Å². The molecule has 8 heteroatoms. The van der Waals surface area contributed by atoms with Crippen molar-refractivity contribution >= 4 is 37.3 Å². The third-order valence-electron chi connectivity index (χ3n) is 2.49. The van der Waals surface area contributed by atoms with Gasteiger partial charge in [-0.3, -0.25) is 0 Å². The lowest BCUT2D eigenvalue weighted by molar-refractivity contribution is 0.0313. The van der Waals surface area contributed by atoms with Gasteiger partial charge in [-0.25, -0.2) is 13.2 Å². The molecule has 0 radical (unpaired) electrons. The predicted octanol–water partition coefficient (Wildman–Crippen LogP) is 3.24. The summed E-state index contributed by atoms with van der Waals surface area (Å²) in [6, 6.07) is 3.59. The number of hydrogen-bond donors (Lipinski definition) is 0. The summed E-state index contributed by atoms with van der Waals surface area (Å²) in [6.07, 6.45) is 1.97. The molecular formula is C13H16Cl2O5S. The molecule has 1 aromatic carbocycles. The number of carbonyl (C=O) groups is 1. The van der Waals surface area contributed by atoms with Crippen molar-refractivity contribution in [2.24, 2.45) is 0 Å². The summed E-state index contributed by atoms with van der Waals surface area (Å²) in [5, 5.41) is 0.0860. The highest BCUT2D eigenvalue weighted by molar-refractivity contribution is 8.13. The lowest BCUT2D eigenvalue weighted by atomic mass is 10.2. The number of rotatable bonds is 8. The fourth-order valence-corrected chi connectivity index (χ4v) is 2.55. The maximum atomic E-state index is 11.8. The Morgan fingerprint density at radius 1 is 1.19 bits per heavy atom. The molecule has 0 aliphatic carbocycles. The average molecular weight is 355 g/mol. The molecule has 0 heterocycles. The van der Waals surface area contributed by atoms with Crippen molar-refractivity contribution in [3.63, 3.8) is 0 Å². The zero-order chi connectivity index (χ0) is 15.9. The first-order valence-corrected chi connectivity index (χ1v) is 9.03. The van der Waals surface area contributed by atoms with Crippen LogP contribution in [0.2, 0.25) is 5.02 Å². The van der Waals surface area contributed by atoms with Crippen LogP contribution in [0.3, 0.4) is 0 Å². The third kappa shape index (κ3) is 6.65. The van der Waals surface area contributed by atoms with Crippen molar-refractivity contribution in [2.75, 3.05) is 19.8 Å². The van der Waals surface area contributed by atoms with E-state index in [0.717, 1.165) is 25.0 Å². The minimum Gasteiger partial charge on any atom is -0.460 e. The maximum Gasteiger partial charge on any atom is 0.338 e. The van der Waals surface area contributed by atoms with Crippen LogP contribution in [0.15, 0.2) is 23.1 Å². The summed E-state index contributed by atoms with van der Waals surface area (Å²) >= 11 is 5.76. The number of unbranched alkanes of at least 4 members (excludes halogenated alkanes) is 1. The molecule has 118 valence electrons. The standard InChI is InChI=1S/C13H16Cl2O5S/c1-2-3-4-19-5-6-20-13(16)10-7-11(14)9-12(8-10)21(15,17)18/h7-9H,2-6H2,1H3. The average Bonchev–Trinajstić information content (AvgIpc) is 2.40. The fraction of sp³-hybridized carbons (Fsp3) is 0.462. The van der Waals surface area contributed by atoms with Gasteiger partial charge in [0.1, 0.15) is 6.61 Å². The van der Waals surface area contributed by atoms with Gasteiger partial charge in [0.05, 0.1) is 17.1 Å². The van der Waals surface area contributed by atoms with Gasteiger partial charge in [-0.1, -0.05) is 24.9 Å². The molecule has 0 saturated heterocycles. The first-order valence-electron chi connectivity index (χ1n) is 6.34. The van der Waals surface area contributed by atoms with Crippen molar-refractivity contribution in [1.82, 2.24) is 0 Å². The van der Waals surface area contributed by atoms with Crippen LogP contribution in [0.1, 0.15) is 30.1 Å². The van der Waals surface area contributed by atoms with E-state index < -0.39 is 15.0 Å². The van der Waals surface area contributed by atoms with Crippen LogP contribution >= 0.6 is 22.3 Å². The van der Waals surface area contributed by atoms with Gasteiger partial charge in [0, 0.05) is 22.3 Å². The smallest absolute Gasteiger partial charge is 0.338 e. The van der Waals surface area contributed by atoms with E-state index >= 15 is 0 Å². The molecule has 0 N–H and O–H groups in total. The number of hydrogen-bond acceptors (Lipinski definition) is 5. The Hall–Kier alpha value is -0.820. The maximum absolute atomic E-state index is 11.8. The van der Waals surface area contributed by atoms with Crippen LogP contribution in [-0.2, 0) is 18.5 Å². The Bertz CT molecular complexity index is 586. The Morgan fingerprint density at radius 2 is 1.90 bits per heavy atom. The van der Waals surface area contributed by atoms with Gasteiger partial charge < -0.3 is 9.47 Å². The van der Waals surface area contributed by atoms with Crippen LogP contribution in [0, 0.1) is 0 Å². The van der Waals surface area contributed by atoms with Crippen LogP contribution in [0.5, 0.6) is 0 Å². The molecule has 1 aromatic rings. The van der Waals surface area contributed by atoms with E-state index in [1.54, 1.807) is 0 Å². The molecule has 21 heavy (non-hydrogen) atoms. The number of carbonyl (C=O) groups excluding carboxylic acids is 1. The lowest BCUT2D eigenvalue weighted by Crippen LogP contribution is -2.11. The first-order chi connectivity index (χ1) is 9.84. The number of halogens is 2. The number of ether oxygens (including phenoxy) is 2. The minimum atomic E-state index is -3.96. The van der Waals surface area contributed by atoms with E-state index in [-0.39, 0.29) is 28.7 Å². The Labute approximate surface area is 133 Å². The molecule has 0 atom stereocenters. The molecule has 0 aliphatic rings. The zero-order valence-corrected chi connectivity index (χ0v) is 13.8. The van der Waals surface area contributed by atoms with Crippen LogP contribution in [-0.4, -0.2) is 34.2 Å². The highest BCUT2D eigenvalue weighted by Gasteiger charge is 2.16. The van der Waals surface area contributed by atoms with Crippen molar-refractivity contribution in [3.05, 3.63) is 28.8 Å². The largest absolute Gasteiger partial charge is 0.460 e. The molecular weight excluding hydrogens is 339 g/mol. The summed E-state index contributed by atoms with van der Waals surface area (Å²) in [6.45, 7) is 3.02. The van der Waals surface area contributed by atoms with Gasteiger partial charge >= 0.3 is 5.97 Å². The highest BCUT2D eigenvalue weighted by Crippen LogP contribution is 2.22. The van der Waals surface area contributed by atoms with Crippen LogP contribution in [0.4, 0.5) is 0 Å². The summed E-state index contributed by atoms with van der Waals surface area (Å²) in [5.74, 6) is -0.682. The van der Waals surface area contributed by atoms with E-state index in [1.165, 1.54) is 6.07 Å². The Morgan fingerprint density at radius 3 is 2.52 bits per heavy atom.